The minimum absolute atomic E-state index is 0.312. The fourth-order valence-corrected chi connectivity index (χ4v) is 2.14. The number of ether oxygens (including phenoxy) is 2. The average molecular weight is 235 g/mol. The molecule has 0 saturated carbocycles. The Balaban J connectivity index is 1.80. The van der Waals surface area contributed by atoms with Gasteiger partial charge >= 0.3 is 0 Å². The molecule has 0 amide bonds. The molecule has 1 heterocycles. The van der Waals surface area contributed by atoms with Crippen LogP contribution < -0.4 is 5.32 Å². The summed E-state index contributed by atoms with van der Waals surface area (Å²) in [5, 5.41) is 3.18. The van der Waals surface area contributed by atoms with E-state index < -0.39 is 0 Å². The van der Waals surface area contributed by atoms with E-state index in [1.54, 1.807) is 0 Å². The zero-order valence-electron chi connectivity index (χ0n) is 10.4. The lowest BCUT2D eigenvalue weighted by atomic mass is 10.1. The van der Waals surface area contributed by atoms with Gasteiger partial charge in [-0.05, 0) is 31.0 Å². The molecule has 1 saturated heterocycles. The van der Waals surface area contributed by atoms with Crippen molar-refractivity contribution in [3.8, 4) is 0 Å². The second kappa shape index (κ2) is 6.74. The highest BCUT2D eigenvalue weighted by atomic mass is 16.5. The maximum Gasteiger partial charge on any atom is 0.0809 e. The topological polar surface area (TPSA) is 30.5 Å². The van der Waals surface area contributed by atoms with Crippen molar-refractivity contribution in [2.75, 3.05) is 20.3 Å². The van der Waals surface area contributed by atoms with Crippen LogP contribution in [0.25, 0.3) is 0 Å². The Kier molecular flexibility index (Phi) is 4.98. The molecule has 94 valence electrons. The highest BCUT2D eigenvalue weighted by Gasteiger charge is 2.15. The molecule has 1 fully saturated rings. The first kappa shape index (κ1) is 12.6. The number of nitrogens with one attached hydrogen (secondary N) is 1. The monoisotopic (exact) mass is 235 g/mol. The number of rotatable bonds is 6. The van der Waals surface area contributed by atoms with Gasteiger partial charge in [-0.25, -0.2) is 0 Å². The van der Waals surface area contributed by atoms with Crippen molar-refractivity contribution >= 4 is 0 Å². The van der Waals surface area contributed by atoms with E-state index in [4.69, 9.17) is 9.47 Å². The highest BCUT2D eigenvalue weighted by molar-refractivity contribution is 5.26. The lowest BCUT2D eigenvalue weighted by Crippen LogP contribution is -2.15. The van der Waals surface area contributed by atoms with Crippen LogP contribution in [0.2, 0.25) is 0 Å². The van der Waals surface area contributed by atoms with Gasteiger partial charge in [-0.3, -0.25) is 0 Å². The standard InChI is InChI=1S/C14H21NO2/c1-15-9-12-5-2-3-6-13(12)10-16-11-14-7-4-8-17-14/h2-3,5-6,14-15H,4,7-11H2,1H3. The maximum atomic E-state index is 5.74. The molecule has 1 aromatic carbocycles. The molecule has 0 spiro atoms. The van der Waals surface area contributed by atoms with Crippen LogP contribution in [0.15, 0.2) is 24.3 Å². The van der Waals surface area contributed by atoms with Crippen molar-refractivity contribution in [2.24, 2.45) is 0 Å². The molecule has 0 bridgehead atoms. The largest absolute Gasteiger partial charge is 0.376 e. The molecular formula is C14H21NO2. The van der Waals surface area contributed by atoms with Gasteiger partial charge in [-0.15, -0.1) is 0 Å². The number of hydrogen-bond donors (Lipinski definition) is 1. The second-order valence-electron chi connectivity index (χ2n) is 4.45. The van der Waals surface area contributed by atoms with Crippen LogP contribution >= 0.6 is 0 Å². The van der Waals surface area contributed by atoms with Gasteiger partial charge in [-0.1, -0.05) is 24.3 Å². The second-order valence-corrected chi connectivity index (χ2v) is 4.45. The molecule has 2 rings (SSSR count). The summed E-state index contributed by atoms with van der Waals surface area (Å²) in [5.41, 5.74) is 2.57. The smallest absolute Gasteiger partial charge is 0.0809 e. The van der Waals surface area contributed by atoms with Gasteiger partial charge in [-0.2, -0.15) is 0 Å². The third-order valence-electron chi connectivity index (χ3n) is 3.07. The Bertz CT molecular complexity index is 335. The quantitative estimate of drug-likeness (QED) is 0.819. The molecule has 3 heteroatoms. The third kappa shape index (κ3) is 3.80. The minimum Gasteiger partial charge on any atom is -0.376 e. The minimum atomic E-state index is 0.312. The van der Waals surface area contributed by atoms with Gasteiger partial charge in [0.2, 0.25) is 0 Å². The summed E-state index contributed by atoms with van der Waals surface area (Å²) in [4.78, 5) is 0. The Morgan fingerprint density at radius 3 is 2.88 bits per heavy atom. The molecule has 17 heavy (non-hydrogen) atoms. The molecular weight excluding hydrogens is 214 g/mol. The van der Waals surface area contributed by atoms with E-state index in [2.05, 4.69) is 29.6 Å². The van der Waals surface area contributed by atoms with Gasteiger partial charge < -0.3 is 14.8 Å². The fraction of sp³-hybridized carbons (Fsp3) is 0.571. The first-order valence-electron chi connectivity index (χ1n) is 6.31. The lowest BCUT2D eigenvalue weighted by Gasteiger charge is -2.12. The first-order chi connectivity index (χ1) is 8.40. The van der Waals surface area contributed by atoms with Crippen molar-refractivity contribution in [2.45, 2.75) is 32.1 Å². The zero-order chi connectivity index (χ0) is 11.9. The van der Waals surface area contributed by atoms with E-state index in [0.717, 1.165) is 19.6 Å². The predicted molar refractivity (Wildman–Crippen MR) is 67.8 cm³/mol. The van der Waals surface area contributed by atoms with E-state index in [0.29, 0.717) is 19.3 Å². The summed E-state index contributed by atoms with van der Waals surface area (Å²) >= 11 is 0. The van der Waals surface area contributed by atoms with Crippen LogP contribution in [0.5, 0.6) is 0 Å². The summed E-state index contributed by atoms with van der Waals surface area (Å²) in [6.45, 7) is 3.18. The molecule has 1 aliphatic heterocycles. The summed E-state index contributed by atoms with van der Waals surface area (Å²) in [7, 11) is 1.96. The highest BCUT2D eigenvalue weighted by Crippen LogP contribution is 2.14. The van der Waals surface area contributed by atoms with Gasteiger partial charge in [0, 0.05) is 13.2 Å². The summed E-state index contributed by atoms with van der Waals surface area (Å²) in [6, 6.07) is 8.39. The van der Waals surface area contributed by atoms with Crippen molar-refractivity contribution in [1.29, 1.82) is 0 Å². The van der Waals surface area contributed by atoms with E-state index in [9.17, 15) is 0 Å². The van der Waals surface area contributed by atoms with E-state index in [1.165, 1.54) is 17.5 Å². The summed E-state index contributed by atoms with van der Waals surface area (Å²) in [6.07, 6.45) is 2.62. The molecule has 1 unspecified atom stereocenters. The number of hydrogen-bond acceptors (Lipinski definition) is 3. The van der Waals surface area contributed by atoms with Gasteiger partial charge in [0.1, 0.15) is 0 Å². The van der Waals surface area contributed by atoms with Crippen molar-refractivity contribution in [1.82, 2.24) is 5.32 Å². The molecule has 0 aliphatic carbocycles. The predicted octanol–water partition coefficient (Wildman–Crippen LogP) is 2.10. The van der Waals surface area contributed by atoms with Crippen LogP contribution in [-0.2, 0) is 22.6 Å². The molecule has 3 nitrogen and oxygen atoms in total. The number of benzene rings is 1. The molecule has 1 aromatic rings. The van der Waals surface area contributed by atoms with Gasteiger partial charge in [0.25, 0.3) is 0 Å². The summed E-state index contributed by atoms with van der Waals surface area (Å²) < 4.78 is 11.3. The van der Waals surface area contributed by atoms with Crippen LogP contribution in [-0.4, -0.2) is 26.4 Å². The van der Waals surface area contributed by atoms with E-state index in [-0.39, 0.29) is 0 Å². The Hall–Kier alpha value is -0.900. The van der Waals surface area contributed by atoms with Gasteiger partial charge in [0.15, 0.2) is 0 Å². The van der Waals surface area contributed by atoms with Crippen LogP contribution in [0.3, 0.4) is 0 Å². The average Bonchev–Trinajstić information content (AvgIpc) is 2.85. The molecule has 0 aromatic heterocycles. The molecule has 1 atom stereocenters. The maximum absolute atomic E-state index is 5.74. The van der Waals surface area contributed by atoms with Crippen molar-refractivity contribution < 1.29 is 9.47 Å². The lowest BCUT2D eigenvalue weighted by molar-refractivity contribution is 0.0104. The van der Waals surface area contributed by atoms with Gasteiger partial charge in [0.05, 0.1) is 19.3 Å². The third-order valence-corrected chi connectivity index (χ3v) is 3.07. The molecule has 1 N–H and O–H groups in total. The SMILES string of the molecule is CNCc1ccccc1COCC1CCCO1. The van der Waals surface area contributed by atoms with E-state index in [1.807, 2.05) is 7.05 Å². The van der Waals surface area contributed by atoms with Crippen LogP contribution in [0.4, 0.5) is 0 Å². The summed E-state index contributed by atoms with van der Waals surface area (Å²) in [5.74, 6) is 0. The molecule has 1 aliphatic rings. The first-order valence-corrected chi connectivity index (χ1v) is 6.31. The van der Waals surface area contributed by atoms with Crippen LogP contribution in [0, 0.1) is 0 Å². The fourth-order valence-electron chi connectivity index (χ4n) is 2.14. The van der Waals surface area contributed by atoms with Crippen molar-refractivity contribution in [3.63, 3.8) is 0 Å². The van der Waals surface area contributed by atoms with Crippen LogP contribution in [0.1, 0.15) is 24.0 Å². The van der Waals surface area contributed by atoms with Crippen molar-refractivity contribution in [3.05, 3.63) is 35.4 Å². The normalized spacial score (nSPS) is 19.7. The zero-order valence-corrected chi connectivity index (χ0v) is 10.4. The van der Waals surface area contributed by atoms with E-state index >= 15 is 0 Å². The Morgan fingerprint density at radius 2 is 2.18 bits per heavy atom. The Labute approximate surface area is 103 Å². The Morgan fingerprint density at radius 1 is 1.35 bits per heavy atom. The molecule has 0 radical (unpaired) electrons.